The Morgan fingerprint density at radius 1 is 1.14 bits per heavy atom. The molecule has 1 aliphatic rings. The molecule has 148 valence electrons. The number of benzene rings is 2. The van der Waals surface area contributed by atoms with Crippen LogP contribution in [-0.2, 0) is 26.5 Å². The first-order valence-corrected chi connectivity index (χ1v) is 9.17. The molecule has 1 N–H and O–H groups in total. The highest BCUT2D eigenvalue weighted by Crippen LogP contribution is 2.34. The van der Waals surface area contributed by atoms with Crippen LogP contribution in [0.2, 0.25) is 0 Å². The average molecular weight is 392 g/mol. The zero-order valence-electron chi connectivity index (χ0n) is 15.7. The lowest BCUT2D eigenvalue weighted by molar-refractivity contribution is -0.220. The van der Waals surface area contributed by atoms with Crippen LogP contribution in [0.3, 0.4) is 0 Å². The number of ether oxygens (including phenoxy) is 3. The second-order valence-corrected chi connectivity index (χ2v) is 6.77. The second kappa shape index (κ2) is 8.38. The number of carboxylic acid groups (broad SMARTS) is 1. The van der Waals surface area contributed by atoms with E-state index in [2.05, 4.69) is 9.97 Å². The van der Waals surface area contributed by atoms with Gasteiger partial charge in [0.15, 0.2) is 0 Å². The SMILES string of the molecule is O=C(O)COC1(c2ccc(OCc3cccc(-c4cnccn4)c3)cc2)COC1. The van der Waals surface area contributed by atoms with E-state index in [4.69, 9.17) is 19.3 Å². The number of aliphatic carboxylic acids is 1. The molecule has 0 spiro atoms. The molecule has 0 bridgehead atoms. The first-order chi connectivity index (χ1) is 14.1. The van der Waals surface area contributed by atoms with Gasteiger partial charge in [0.1, 0.15) is 24.6 Å². The molecule has 2 aromatic carbocycles. The van der Waals surface area contributed by atoms with Crippen LogP contribution in [0.15, 0.2) is 67.1 Å². The molecular weight excluding hydrogens is 372 g/mol. The summed E-state index contributed by atoms with van der Waals surface area (Å²) in [7, 11) is 0. The Hall–Kier alpha value is -3.29. The van der Waals surface area contributed by atoms with Crippen molar-refractivity contribution in [2.45, 2.75) is 12.2 Å². The Morgan fingerprint density at radius 2 is 1.97 bits per heavy atom. The van der Waals surface area contributed by atoms with Gasteiger partial charge in [0.25, 0.3) is 0 Å². The third kappa shape index (κ3) is 4.42. The number of rotatable bonds is 8. The van der Waals surface area contributed by atoms with Gasteiger partial charge < -0.3 is 19.3 Å². The summed E-state index contributed by atoms with van der Waals surface area (Å²) < 4.78 is 16.7. The fraction of sp³-hybridized carbons (Fsp3) is 0.227. The first-order valence-electron chi connectivity index (χ1n) is 9.17. The van der Waals surface area contributed by atoms with Gasteiger partial charge in [-0.25, -0.2) is 4.79 Å². The molecule has 7 nitrogen and oxygen atoms in total. The topological polar surface area (TPSA) is 90.8 Å². The fourth-order valence-corrected chi connectivity index (χ4v) is 3.11. The van der Waals surface area contributed by atoms with Crippen LogP contribution in [0.5, 0.6) is 5.75 Å². The maximum absolute atomic E-state index is 10.8. The van der Waals surface area contributed by atoms with Crippen molar-refractivity contribution in [3.8, 4) is 17.0 Å². The van der Waals surface area contributed by atoms with Crippen LogP contribution < -0.4 is 4.74 Å². The van der Waals surface area contributed by atoms with E-state index < -0.39 is 11.6 Å². The molecule has 4 rings (SSSR count). The van der Waals surface area contributed by atoms with Crippen LogP contribution in [-0.4, -0.2) is 40.9 Å². The number of aromatic nitrogens is 2. The minimum Gasteiger partial charge on any atom is -0.489 e. The Kier molecular flexibility index (Phi) is 5.50. The molecule has 0 saturated carbocycles. The summed E-state index contributed by atoms with van der Waals surface area (Å²) in [6.07, 6.45) is 5.04. The summed E-state index contributed by atoms with van der Waals surface area (Å²) in [5.41, 5.74) is 3.00. The molecule has 7 heteroatoms. The zero-order valence-corrected chi connectivity index (χ0v) is 15.7. The van der Waals surface area contributed by atoms with Crippen LogP contribution in [0.4, 0.5) is 0 Å². The van der Waals surface area contributed by atoms with Gasteiger partial charge in [0.05, 0.1) is 25.1 Å². The minimum absolute atomic E-state index is 0.343. The van der Waals surface area contributed by atoms with Gasteiger partial charge in [-0.15, -0.1) is 0 Å². The Balaban J connectivity index is 1.40. The van der Waals surface area contributed by atoms with Gasteiger partial charge in [0.2, 0.25) is 0 Å². The Bertz CT molecular complexity index is 972. The largest absolute Gasteiger partial charge is 0.489 e. The van der Waals surface area contributed by atoms with Crippen molar-refractivity contribution >= 4 is 5.97 Å². The van der Waals surface area contributed by atoms with Gasteiger partial charge in [-0.3, -0.25) is 9.97 Å². The fourth-order valence-electron chi connectivity index (χ4n) is 3.11. The van der Waals surface area contributed by atoms with Gasteiger partial charge in [0, 0.05) is 18.0 Å². The molecular formula is C22H20N2O5. The first kappa shape index (κ1) is 19.0. The minimum atomic E-state index is -1.00. The van der Waals surface area contributed by atoms with Crippen LogP contribution >= 0.6 is 0 Å². The maximum atomic E-state index is 10.8. The number of carboxylic acids is 1. The zero-order chi connectivity index (χ0) is 20.1. The van der Waals surface area contributed by atoms with Gasteiger partial charge >= 0.3 is 5.97 Å². The van der Waals surface area contributed by atoms with Crippen LogP contribution in [0.25, 0.3) is 11.3 Å². The van der Waals surface area contributed by atoms with E-state index in [9.17, 15) is 4.79 Å². The van der Waals surface area contributed by atoms with E-state index in [0.717, 1.165) is 22.4 Å². The lowest BCUT2D eigenvalue weighted by atomic mass is 9.91. The summed E-state index contributed by atoms with van der Waals surface area (Å²) in [6, 6.07) is 15.4. The molecule has 1 aromatic heterocycles. The molecule has 0 radical (unpaired) electrons. The van der Waals surface area contributed by atoms with Crippen molar-refractivity contribution in [3.05, 3.63) is 78.2 Å². The normalized spacial score (nSPS) is 14.8. The summed E-state index contributed by atoms with van der Waals surface area (Å²) in [5.74, 6) is -0.285. The molecule has 29 heavy (non-hydrogen) atoms. The van der Waals surface area contributed by atoms with Gasteiger partial charge in [-0.2, -0.15) is 0 Å². The van der Waals surface area contributed by atoms with Crippen molar-refractivity contribution in [2.75, 3.05) is 19.8 Å². The maximum Gasteiger partial charge on any atom is 0.329 e. The number of hydrogen-bond acceptors (Lipinski definition) is 6. The summed E-state index contributed by atoms with van der Waals surface area (Å²) in [6.45, 7) is 0.742. The lowest BCUT2D eigenvalue weighted by Crippen LogP contribution is -2.49. The van der Waals surface area contributed by atoms with E-state index in [1.54, 1.807) is 18.6 Å². The predicted octanol–water partition coefficient (Wildman–Crippen LogP) is 3.05. The third-order valence-corrected chi connectivity index (χ3v) is 4.71. The molecule has 0 unspecified atom stereocenters. The van der Waals surface area contributed by atoms with E-state index in [0.29, 0.717) is 25.6 Å². The van der Waals surface area contributed by atoms with Crippen molar-refractivity contribution in [1.82, 2.24) is 9.97 Å². The van der Waals surface area contributed by atoms with Crippen molar-refractivity contribution < 1.29 is 24.1 Å². The Morgan fingerprint density at radius 3 is 2.62 bits per heavy atom. The molecule has 3 aromatic rings. The average Bonchev–Trinajstić information content (AvgIpc) is 2.73. The molecule has 1 saturated heterocycles. The van der Waals surface area contributed by atoms with Gasteiger partial charge in [-0.1, -0.05) is 30.3 Å². The van der Waals surface area contributed by atoms with Crippen molar-refractivity contribution in [1.29, 1.82) is 0 Å². The quantitative estimate of drug-likeness (QED) is 0.630. The Labute approximate surface area is 167 Å². The number of nitrogens with zero attached hydrogens (tertiary/aromatic N) is 2. The summed E-state index contributed by atoms with van der Waals surface area (Å²) >= 11 is 0. The van der Waals surface area contributed by atoms with E-state index in [1.165, 1.54) is 0 Å². The van der Waals surface area contributed by atoms with E-state index in [1.807, 2.05) is 48.5 Å². The molecule has 1 fully saturated rings. The standard InChI is InChI=1S/C22H20N2O5/c25-21(26)13-29-22(14-27-15-22)18-4-6-19(7-5-18)28-12-16-2-1-3-17(10-16)20-11-23-8-9-24-20/h1-11H,12-15H2,(H,25,26). The number of hydrogen-bond donors (Lipinski definition) is 1. The smallest absolute Gasteiger partial charge is 0.329 e. The molecule has 2 heterocycles. The second-order valence-electron chi connectivity index (χ2n) is 6.77. The summed E-state index contributed by atoms with van der Waals surface area (Å²) in [5, 5.41) is 8.86. The van der Waals surface area contributed by atoms with Crippen molar-refractivity contribution in [3.63, 3.8) is 0 Å². The van der Waals surface area contributed by atoms with Crippen molar-refractivity contribution in [2.24, 2.45) is 0 Å². The van der Waals surface area contributed by atoms with Crippen LogP contribution in [0.1, 0.15) is 11.1 Å². The van der Waals surface area contributed by atoms with E-state index >= 15 is 0 Å². The monoisotopic (exact) mass is 392 g/mol. The third-order valence-electron chi connectivity index (χ3n) is 4.71. The molecule has 0 aliphatic carbocycles. The summed E-state index contributed by atoms with van der Waals surface area (Å²) in [4.78, 5) is 19.2. The molecule has 1 aliphatic heterocycles. The number of carbonyl (C=O) groups is 1. The predicted molar refractivity (Wildman–Crippen MR) is 104 cm³/mol. The molecule has 0 amide bonds. The van der Waals surface area contributed by atoms with Crippen LogP contribution in [0, 0.1) is 0 Å². The highest BCUT2D eigenvalue weighted by atomic mass is 16.6. The van der Waals surface area contributed by atoms with Gasteiger partial charge in [-0.05, 0) is 29.3 Å². The molecule has 0 atom stereocenters. The highest BCUT2D eigenvalue weighted by Gasteiger charge is 2.42. The highest BCUT2D eigenvalue weighted by molar-refractivity contribution is 5.68. The lowest BCUT2D eigenvalue weighted by Gasteiger charge is -2.41. The van der Waals surface area contributed by atoms with E-state index in [-0.39, 0.29) is 6.61 Å².